The van der Waals surface area contributed by atoms with Gasteiger partial charge in [0.1, 0.15) is 11.4 Å². The second-order valence-electron chi connectivity index (χ2n) is 5.85. The monoisotopic (exact) mass is 339 g/mol. The lowest BCUT2D eigenvalue weighted by Crippen LogP contribution is -2.74. The number of rotatable bonds is 0. The fourth-order valence-corrected chi connectivity index (χ4v) is 2.57. The Kier molecular flexibility index (Phi) is 2.95. The molecule has 0 radical (unpaired) electrons. The van der Waals surface area contributed by atoms with E-state index in [0.717, 1.165) is 0 Å². The third-order valence-corrected chi connectivity index (χ3v) is 4.16. The molecule has 0 unspecified atom stereocenters. The highest BCUT2D eigenvalue weighted by Crippen LogP contribution is 2.50. The van der Waals surface area contributed by atoms with Crippen LogP contribution in [0.2, 0.25) is 0 Å². The van der Waals surface area contributed by atoms with Crippen LogP contribution in [0.25, 0.3) is 5.70 Å². The molecule has 18 N–H and O–H groups in total. The molecule has 1 aromatic rings. The minimum atomic E-state index is -2.14. The van der Waals surface area contributed by atoms with E-state index < -0.39 is 17.7 Å². The van der Waals surface area contributed by atoms with Crippen LogP contribution >= 0.6 is 0 Å². The van der Waals surface area contributed by atoms with Crippen LogP contribution in [-0.2, 0) is 9.47 Å². The molecule has 24 heavy (non-hydrogen) atoms. The molecule has 0 saturated carbocycles. The lowest BCUT2D eigenvalue weighted by molar-refractivity contribution is -0.287. The minimum Gasteiger partial charge on any atom is -0.433 e. The molecule has 132 valence electrons. The summed E-state index contributed by atoms with van der Waals surface area (Å²) in [5.74, 6) is -6.23. The number of benzene rings is 1. The first-order valence-electron chi connectivity index (χ1n) is 6.82. The van der Waals surface area contributed by atoms with Crippen LogP contribution < -0.4 is 56.3 Å². The van der Waals surface area contributed by atoms with Gasteiger partial charge in [-0.25, -0.2) is 0 Å². The summed E-state index contributed by atoms with van der Waals surface area (Å²) in [5.41, 5.74) is 53.7. The molecular weight excluding hydrogens is 318 g/mol. The standard InChI is InChI=1S/C12H21N9O3/c1-2-4(13)7(16)5(14)3-6(15)9(17)10(22-8(2)3)23-11(18,19)12(20,21)24-10/h13-21H2,1H3. The van der Waals surface area contributed by atoms with E-state index >= 15 is 0 Å². The van der Waals surface area contributed by atoms with Crippen LogP contribution in [0.4, 0.5) is 17.1 Å². The molecule has 12 heteroatoms. The van der Waals surface area contributed by atoms with E-state index in [1.807, 2.05) is 0 Å². The zero-order valence-electron chi connectivity index (χ0n) is 12.9. The normalized spacial score (nSPS) is 23.2. The smallest absolute Gasteiger partial charge is 0.379 e. The molecule has 12 nitrogen and oxygen atoms in total. The van der Waals surface area contributed by atoms with Gasteiger partial charge in [0.25, 0.3) is 0 Å². The molecule has 0 bridgehead atoms. The second-order valence-corrected chi connectivity index (χ2v) is 5.85. The number of anilines is 3. The van der Waals surface area contributed by atoms with Crippen molar-refractivity contribution in [3.05, 3.63) is 16.8 Å². The van der Waals surface area contributed by atoms with Crippen molar-refractivity contribution >= 4 is 22.8 Å². The van der Waals surface area contributed by atoms with Crippen molar-refractivity contribution in [1.29, 1.82) is 0 Å². The highest BCUT2D eigenvalue weighted by Gasteiger charge is 2.65. The number of hydrogen-bond acceptors (Lipinski definition) is 12. The number of fused-ring (bicyclic) bond motifs is 1. The van der Waals surface area contributed by atoms with Crippen LogP contribution in [0, 0.1) is 6.92 Å². The van der Waals surface area contributed by atoms with E-state index in [4.69, 9.17) is 65.8 Å². The highest BCUT2D eigenvalue weighted by atomic mass is 16.9. The fourth-order valence-electron chi connectivity index (χ4n) is 2.57. The molecule has 2 aliphatic rings. The number of ether oxygens (including phenoxy) is 3. The Labute approximate surface area is 136 Å². The van der Waals surface area contributed by atoms with Gasteiger partial charge < -0.3 is 33.4 Å². The Morgan fingerprint density at radius 3 is 1.75 bits per heavy atom. The third-order valence-electron chi connectivity index (χ3n) is 4.16. The van der Waals surface area contributed by atoms with Crippen molar-refractivity contribution in [3.8, 4) is 5.75 Å². The van der Waals surface area contributed by atoms with Crippen molar-refractivity contribution in [2.75, 3.05) is 17.2 Å². The van der Waals surface area contributed by atoms with Crippen LogP contribution in [-0.4, -0.2) is 17.7 Å². The van der Waals surface area contributed by atoms with Crippen LogP contribution in [0.1, 0.15) is 11.1 Å². The Bertz CT molecular complexity index is 771. The zero-order chi connectivity index (χ0) is 18.2. The molecule has 0 amide bonds. The molecule has 0 atom stereocenters. The summed E-state index contributed by atoms with van der Waals surface area (Å²) in [7, 11) is 0. The van der Waals surface area contributed by atoms with Gasteiger partial charge in [-0.15, -0.1) is 0 Å². The Morgan fingerprint density at radius 2 is 1.25 bits per heavy atom. The van der Waals surface area contributed by atoms with Gasteiger partial charge in [0, 0.05) is 5.56 Å². The van der Waals surface area contributed by atoms with Gasteiger partial charge >= 0.3 is 5.97 Å². The van der Waals surface area contributed by atoms with Crippen LogP contribution in [0.3, 0.4) is 0 Å². The average Bonchev–Trinajstić information content (AvgIpc) is 2.65. The van der Waals surface area contributed by atoms with Crippen molar-refractivity contribution in [3.63, 3.8) is 0 Å². The summed E-state index contributed by atoms with van der Waals surface area (Å²) in [4.78, 5) is 0. The quantitative estimate of drug-likeness (QED) is 0.165. The molecule has 1 saturated heterocycles. The Morgan fingerprint density at radius 1 is 0.750 bits per heavy atom. The van der Waals surface area contributed by atoms with Gasteiger partial charge in [-0.3, -0.25) is 32.4 Å². The van der Waals surface area contributed by atoms with E-state index in [1.54, 1.807) is 6.92 Å². The molecule has 1 spiro atoms. The van der Waals surface area contributed by atoms with Gasteiger partial charge in [-0.05, 0) is 6.92 Å². The molecule has 3 rings (SSSR count). The molecule has 2 heterocycles. The molecule has 0 aliphatic carbocycles. The summed E-state index contributed by atoms with van der Waals surface area (Å²) in [6.45, 7) is 1.64. The van der Waals surface area contributed by atoms with Gasteiger partial charge in [0.05, 0.1) is 28.3 Å². The maximum atomic E-state index is 6.09. The summed E-state index contributed by atoms with van der Waals surface area (Å²) in [6, 6.07) is 0. The van der Waals surface area contributed by atoms with Crippen molar-refractivity contribution in [1.82, 2.24) is 0 Å². The summed E-state index contributed by atoms with van der Waals surface area (Å²) in [5, 5.41) is 0. The van der Waals surface area contributed by atoms with Crippen molar-refractivity contribution in [2.45, 2.75) is 24.6 Å². The third kappa shape index (κ3) is 1.77. The zero-order valence-corrected chi connectivity index (χ0v) is 12.9. The topological polar surface area (TPSA) is 262 Å². The molecule has 1 aromatic carbocycles. The van der Waals surface area contributed by atoms with E-state index in [2.05, 4.69) is 0 Å². The lowest BCUT2D eigenvalue weighted by Gasteiger charge is -2.36. The number of nitrogen functional groups attached to an aromatic ring is 3. The highest BCUT2D eigenvalue weighted by molar-refractivity contribution is 5.94. The maximum absolute atomic E-state index is 6.09. The predicted molar refractivity (Wildman–Crippen MR) is 87.5 cm³/mol. The van der Waals surface area contributed by atoms with Crippen molar-refractivity contribution < 1.29 is 14.2 Å². The van der Waals surface area contributed by atoms with Gasteiger partial charge in [0.15, 0.2) is 0 Å². The maximum Gasteiger partial charge on any atom is 0.379 e. The molecule has 0 aromatic heterocycles. The summed E-state index contributed by atoms with van der Waals surface area (Å²) in [6.07, 6.45) is 0. The fraction of sp³-hybridized carbons (Fsp3) is 0.333. The van der Waals surface area contributed by atoms with Crippen LogP contribution in [0.15, 0.2) is 5.70 Å². The van der Waals surface area contributed by atoms with Gasteiger partial charge in [0.2, 0.25) is 11.7 Å². The molecule has 2 aliphatic heterocycles. The van der Waals surface area contributed by atoms with E-state index in [-0.39, 0.29) is 39.8 Å². The van der Waals surface area contributed by atoms with Crippen molar-refractivity contribution in [2.24, 2.45) is 34.4 Å². The lowest BCUT2D eigenvalue weighted by atomic mass is 9.97. The molecule has 1 fully saturated rings. The Balaban J connectivity index is 2.27. The number of nitrogens with two attached hydrogens (primary N) is 9. The minimum absolute atomic E-state index is 0.0166. The van der Waals surface area contributed by atoms with E-state index in [1.165, 1.54) is 0 Å². The first kappa shape index (κ1) is 16.4. The summed E-state index contributed by atoms with van der Waals surface area (Å²) < 4.78 is 16.5. The van der Waals surface area contributed by atoms with E-state index in [0.29, 0.717) is 5.56 Å². The SMILES string of the molecule is Cc1c(N)c(N)c(N)c2c1OC1(OC(N)(N)C(N)(N)O1)C(N)=C2N. The number of hydrogen-bond donors (Lipinski definition) is 9. The Hall–Kier alpha value is -2.48. The first-order chi connectivity index (χ1) is 10.8. The second kappa shape index (κ2) is 4.32. The van der Waals surface area contributed by atoms with Gasteiger partial charge in [-0.1, -0.05) is 0 Å². The predicted octanol–water partition coefficient (Wildman–Crippen LogP) is -3.44. The largest absolute Gasteiger partial charge is 0.433 e. The molecular formula is C12H21N9O3. The average molecular weight is 339 g/mol. The van der Waals surface area contributed by atoms with Gasteiger partial charge in [-0.2, -0.15) is 0 Å². The van der Waals surface area contributed by atoms with Crippen LogP contribution in [0.5, 0.6) is 5.75 Å². The first-order valence-corrected chi connectivity index (χ1v) is 6.82. The summed E-state index contributed by atoms with van der Waals surface area (Å²) >= 11 is 0. The van der Waals surface area contributed by atoms with E-state index in [9.17, 15) is 0 Å².